The molecule has 288 valence electrons. The maximum Gasteiger partial charge on any atom is 3.00 e. The van der Waals surface area contributed by atoms with E-state index in [2.05, 4.69) is 0 Å². The number of hydrogen-bond acceptors (Lipinski definition) is 12. The molecule has 0 rings (SSSR count). The van der Waals surface area contributed by atoms with Crippen LogP contribution >= 0.6 is 0 Å². The first-order valence-corrected chi connectivity index (χ1v) is 17.6. The van der Waals surface area contributed by atoms with Crippen molar-refractivity contribution in [3.05, 3.63) is 0 Å². The predicted molar refractivity (Wildman–Crippen MR) is 186 cm³/mol. The topological polar surface area (TPSA) is 176 Å². The van der Waals surface area contributed by atoms with Crippen LogP contribution in [0.1, 0.15) is 142 Å². The van der Waals surface area contributed by atoms with Gasteiger partial charge in [-0.05, 0) is 83.1 Å². The Kier molecular flexibility index (Phi) is 35.8. The van der Waals surface area contributed by atoms with Gasteiger partial charge in [-0.1, -0.05) is 58.3 Å². The van der Waals surface area contributed by atoms with Gasteiger partial charge in [-0.2, -0.15) is 0 Å². The molecule has 0 radical (unpaired) electrons. The van der Waals surface area contributed by atoms with E-state index in [1.54, 1.807) is 20.8 Å². The molecule has 13 heteroatoms. The van der Waals surface area contributed by atoms with Crippen LogP contribution < -0.4 is 15.3 Å². The normalized spacial score (nSPS) is 13.5. The van der Waals surface area contributed by atoms with Crippen LogP contribution in [0.4, 0.5) is 0 Å². The fraction of sp³-hybridized carbons (Fsp3) is 0.917. The molecule has 12 nitrogen and oxygen atoms in total. The molecule has 0 fully saturated rings. The molecule has 0 heterocycles. The molecule has 0 aliphatic heterocycles. The Hall–Kier alpha value is -0.818. The third kappa shape index (κ3) is 34.1. The molecule has 0 spiro atoms. The van der Waals surface area contributed by atoms with Crippen molar-refractivity contribution in [2.24, 2.45) is 0 Å². The summed E-state index contributed by atoms with van der Waals surface area (Å²) in [7, 11) is 0. The van der Waals surface area contributed by atoms with E-state index in [1.165, 1.54) is 0 Å². The van der Waals surface area contributed by atoms with Gasteiger partial charge in [-0.15, -0.1) is 0 Å². The van der Waals surface area contributed by atoms with Crippen LogP contribution in [0.5, 0.6) is 0 Å². The van der Waals surface area contributed by atoms with Gasteiger partial charge in [0.2, 0.25) is 0 Å². The maximum atomic E-state index is 11.5. The van der Waals surface area contributed by atoms with E-state index in [-0.39, 0.29) is 90.6 Å². The minimum absolute atomic E-state index is 0. The van der Waals surface area contributed by atoms with E-state index < -0.39 is 37.2 Å². The molecular weight excluding hydrogens is 651 g/mol. The summed E-state index contributed by atoms with van der Waals surface area (Å²) in [5, 5.41) is 33.7. The van der Waals surface area contributed by atoms with Gasteiger partial charge < -0.3 is 58.1 Å². The first kappa shape index (κ1) is 54.9. The van der Waals surface area contributed by atoms with Gasteiger partial charge in [0, 0.05) is 0 Å². The Balaban J connectivity index is -0.000000307. The van der Waals surface area contributed by atoms with Crippen LogP contribution in [0.25, 0.3) is 0 Å². The second-order valence-corrected chi connectivity index (χ2v) is 13.1. The first-order valence-electron chi connectivity index (χ1n) is 17.6. The molecule has 0 aromatic heterocycles. The Morgan fingerprint density at radius 1 is 0.388 bits per heavy atom. The molecule has 0 amide bonds. The molecule has 0 aliphatic carbocycles. The zero-order valence-electron chi connectivity index (χ0n) is 33.1. The number of carbonyl (C=O) groups is 3. The summed E-state index contributed by atoms with van der Waals surface area (Å²) < 4.78 is 32.7. The first-order chi connectivity index (χ1) is 22.1. The predicted octanol–water partition coefficient (Wildman–Crippen LogP) is 3.40. The standard InChI is InChI=1S/3C12H23O4.Al/c3*1-6-10(13)11(14)7-12(15-8(2)3)16-9(4)5;/h3*8-10,12H,6-7H2,1-5H3;/q3*-1;+3. The third-order valence-corrected chi connectivity index (χ3v) is 5.84. The molecule has 49 heavy (non-hydrogen) atoms. The fourth-order valence-corrected chi connectivity index (χ4v) is 3.78. The van der Waals surface area contributed by atoms with Crippen LogP contribution in [0.3, 0.4) is 0 Å². The molecule has 0 aromatic rings. The second-order valence-electron chi connectivity index (χ2n) is 13.1. The Labute approximate surface area is 308 Å². The van der Waals surface area contributed by atoms with E-state index in [4.69, 9.17) is 28.4 Å². The molecule has 3 atom stereocenters. The molecular formula is C36H69AlO12. The average Bonchev–Trinajstić information content (AvgIpc) is 2.94. The molecule has 3 unspecified atom stereocenters. The van der Waals surface area contributed by atoms with Gasteiger partial charge in [-0.25, -0.2) is 0 Å². The summed E-state index contributed by atoms with van der Waals surface area (Å²) in [5.41, 5.74) is 0. The maximum absolute atomic E-state index is 11.5. The number of ketones is 3. The van der Waals surface area contributed by atoms with Gasteiger partial charge in [0.25, 0.3) is 0 Å². The van der Waals surface area contributed by atoms with Crippen molar-refractivity contribution in [2.45, 2.75) is 216 Å². The Morgan fingerprint density at radius 2 is 0.531 bits per heavy atom. The van der Waals surface area contributed by atoms with Gasteiger partial charge in [0.1, 0.15) is 17.3 Å². The summed E-state index contributed by atoms with van der Waals surface area (Å²) in [6, 6.07) is 0. The van der Waals surface area contributed by atoms with Gasteiger partial charge in [-0.3, -0.25) is 0 Å². The monoisotopic (exact) mass is 720 g/mol. The zero-order valence-corrected chi connectivity index (χ0v) is 34.3. The summed E-state index contributed by atoms with van der Waals surface area (Å²) in [6.45, 7) is 27.6. The summed E-state index contributed by atoms with van der Waals surface area (Å²) >= 11 is 0. The summed E-state index contributed by atoms with van der Waals surface area (Å²) in [6.07, 6.45) is -4.36. The number of hydrogen-bond donors (Lipinski definition) is 0. The fourth-order valence-electron chi connectivity index (χ4n) is 3.78. The Morgan fingerprint density at radius 3 is 0.633 bits per heavy atom. The zero-order chi connectivity index (χ0) is 38.1. The van der Waals surface area contributed by atoms with Crippen LogP contribution in [0.2, 0.25) is 0 Å². The van der Waals surface area contributed by atoms with Crippen LogP contribution in [-0.4, -0.2) is 109 Å². The van der Waals surface area contributed by atoms with E-state index in [0.717, 1.165) is 0 Å². The van der Waals surface area contributed by atoms with E-state index in [0.29, 0.717) is 19.3 Å². The van der Waals surface area contributed by atoms with Crippen LogP contribution in [0.15, 0.2) is 0 Å². The number of rotatable bonds is 24. The van der Waals surface area contributed by atoms with Crippen LogP contribution in [-0.2, 0) is 42.8 Å². The smallest absolute Gasteiger partial charge is 0.846 e. The number of carbonyl (C=O) groups excluding carboxylic acids is 3. The quantitative estimate of drug-likeness (QED) is 0.105. The molecule has 0 saturated carbocycles. The van der Waals surface area contributed by atoms with Gasteiger partial charge in [0.05, 0.1) is 55.9 Å². The minimum Gasteiger partial charge on any atom is -0.846 e. The van der Waals surface area contributed by atoms with Crippen molar-refractivity contribution in [2.75, 3.05) is 0 Å². The molecule has 0 saturated heterocycles. The molecule has 0 aromatic carbocycles. The van der Waals surface area contributed by atoms with E-state index >= 15 is 0 Å². The van der Waals surface area contributed by atoms with Crippen molar-refractivity contribution >= 4 is 34.7 Å². The second kappa shape index (κ2) is 31.9. The van der Waals surface area contributed by atoms with Crippen molar-refractivity contribution in [3.8, 4) is 0 Å². The van der Waals surface area contributed by atoms with Crippen molar-refractivity contribution in [3.63, 3.8) is 0 Å². The van der Waals surface area contributed by atoms with Crippen molar-refractivity contribution < 1.29 is 58.1 Å². The van der Waals surface area contributed by atoms with E-state index in [9.17, 15) is 29.7 Å². The number of ether oxygens (including phenoxy) is 6. The summed E-state index contributed by atoms with van der Waals surface area (Å²) in [4.78, 5) is 34.4. The number of Topliss-reactive ketones (excluding diaryl/α,β-unsaturated/α-hetero) is 3. The summed E-state index contributed by atoms with van der Waals surface area (Å²) in [5.74, 6) is -1.02. The van der Waals surface area contributed by atoms with Crippen molar-refractivity contribution in [1.82, 2.24) is 0 Å². The van der Waals surface area contributed by atoms with Gasteiger partial charge in [0.15, 0.2) is 18.9 Å². The Bertz CT molecular complexity index is 685. The van der Waals surface area contributed by atoms with Gasteiger partial charge >= 0.3 is 17.4 Å². The molecule has 0 N–H and O–H groups in total. The SMILES string of the molecule is CCC([O-])C(=O)CC(OC(C)C)OC(C)C.CCC([O-])C(=O)CC(OC(C)C)OC(C)C.CCC([O-])C(=O)CC(OC(C)C)OC(C)C.[Al+3]. The van der Waals surface area contributed by atoms with E-state index in [1.807, 2.05) is 83.1 Å². The average molecular weight is 721 g/mol. The largest absolute Gasteiger partial charge is 3.00 e. The van der Waals surface area contributed by atoms with Crippen LogP contribution in [0, 0.1) is 0 Å². The van der Waals surface area contributed by atoms with Crippen molar-refractivity contribution in [1.29, 1.82) is 0 Å². The minimum atomic E-state index is -1.16. The molecule has 0 bridgehead atoms. The third-order valence-electron chi connectivity index (χ3n) is 5.84. The molecule has 0 aliphatic rings.